The van der Waals surface area contributed by atoms with Crippen molar-refractivity contribution < 1.29 is 14.1 Å². The van der Waals surface area contributed by atoms with E-state index in [1.54, 1.807) is 18.3 Å². The van der Waals surface area contributed by atoms with Gasteiger partial charge in [0.1, 0.15) is 6.29 Å². The van der Waals surface area contributed by atoms with E-state index in [1.165, 1.54) is 0 Å². The van der Waals surface area contributed by atoms with Gasteiger partial charge in [-0.05, 0) is 55.3 Å². The van der Waals surface area contributed by atoms with Crippen molar-refractivity contribution in [2.45, 2.75) is 26.4 Å². The molecule has 0 spiro atoms. The van der Waals surface area contributed by atoms with Crippen LogP contribution >= 0.6 is 0 Å². The zero-order valence-corrected chi connectivity index (χ0v) is 14.5. The third-order valence-corrected chi connectivity index (χ3v) is 4.13. The monoisotopic (exact) mass is 350 g/mol. The lowest BCUT2D eigenvalue weighted by atomic mass is 10.1. The Morgan fingerprint density at radius 3 is 2.88 bits per heavy atom. The Morgan fingerprint density at radius 1 is 1.27 bits per heavy atom. The standard InChI is InChI=1S/C19H18N4O3/c1-12(2)25-17-6-4-15(10-20-17)18-21-19(22-26-18)23-8-7-14-9-13(11-24)3-5-16(14)23/h3-6,9-12H,7-8H2,1-2H3. The molecule has 0 amide bonds. The molecule has 0 radical (unpaired) electrons. The number of ether oxygens (including phenoxy) is 1. The van der Waals surface area contributed by atoms with Gasteiger partial charge in [0.25, 0.3) is 11.8 Å². The molecule has 1 aromatic carbocycles. The van der Waals surface area contributed by atoms with E-state index < -0.39 is 0 Å². The predicted molar refractivity (Wildman–Crippen MR) is 95.8 cm³/mol. The fourth-order valence-electron chi connectivity index (χ4n) is 2.96. The zero-order valence-electron chi connectivity index (χ0n) is 14.5. The summed E-state index contributed by atoms with van der Waals surface area (Å²) < 4.78 is 10.9. The first-order valence-electron chi connectivity index (χ1n) is 8.46. The summed E-state index contributed by atoms with van der Waals surface area (Å²) in [5, 5.41) is 4.10. The van der Waals surface area contributed by atoms with Gasteiger partial charge in [0, 0.05) is 30.1 Å². The molecule has 0 N–H and O–H groups in total. The molecule has 1 aliphatic rings. The SMILES string of the molecule is CC(C)Oc1ccc(-c2nc(N3CCc4cc(C=O)ccc43)no2)cn1. The number of fused-ring (bicyclic) bond motifs is 1. The Hall–Kier alpha value is -3.22. The first-order chi connectivity index (χ1) is 12.6. The summed E-state index contributed by atoms with van der Waals surface area (Å²) >= 11 is 0. The van der Waals surface area contributed by atoms with Gasteiger partial charge < -0.3 is 14.2 Å². The molecule has 132 valence electrons. The molecule has 3 heterocycles. The van der Waals surface area contributed by atoms with E-state index >= 15 is 0 Å². The summed E-state index contributed by atoms with van der Waals surface area (Å²) in [5.74, 6) is 1.46. The van der Waals surface area contributed by atoms with Crippen molar-refractivity contribution in [1.82, 2.24) is 15.1 Å². The largest absolute Gasteiger partial charge is 0.475 e. The molecule has 7 nitrogen and oxygen atoms in total. The number of hydrogen-bond acceptors (Lipinski definition) is 7. The maximum Gasteiger partial charge on any atom is 0.270 e. The maximum atomic E-state index is 10.9. The number of carbonyl (C=O) groups is 1. The van der Waals surface area contributed by atoms with Crippen LogP contribution in [-0.2, 0) is 6.42 Å². The lowest BCUT2D eigenvalue weighted by Gasteiger charge is -2.13. The van der Waals surface area contributed by atoms with Gasteiger partial charge in [0.05, 0.1) is 11.7 Å². The molecule has 0 atom stereocenters. The van der Waals surface area contributed by atoms with E-state index in [0.29, 0.717) is 23.3 Å². The van der Waals surface area contributed by atoms with E-state index in [4.69, 9.17) is 9.26 Å². The number of nitrogens with zero attached hydrogens (tertiary/aromatic N) is 4. The van der Waals surface area contributed by atoms with Gasteiger partial charge in [-0.3, -0.25) is 4.79 Å². The van der Waals surface area contributed by atoms with Crippen LogP contribution in [0.5, 0.6) is 5.88 Å². The number of carbonyl (C=O) groups excluding carboxylic acids is 1. The Kier molecular flexibility index (Phi) is 4.12. The van der Waals surface area contributed by atoms with Crippen molar-refractivity contribution in [1.29, 1.82) is 0 Å². The van der Waals surface area contributed by atoms with Gasteiger partial charge in [-0.2, -0.15) is 4.98 Å². The lowest BCUT2D eigenvalue weighted by molar-refractivity contribution is 0.112. The van der Waals surface area contributed by atoms with Crippen molar-refractivity contribution >= 4 is 17.9 Å². The van der Waals surface area contributed by atoms with Gasteiger partial charge in [-0.15, -0.1) is 0 Å². The molecule has 4 rings (SSSR count). The number of rotatable bonds is 5. The van der Waals surface area contributed by atoms with Gasteiger partial charge in [0.15, 0.2) is 0 Å². The van der Waals surface area contributed by atoms with Gasteiger partial charge >= 0.3 is 0 Å². The number of hydrogen-bond donors (Lipinski definition) is 0. The van der Waals surface area contributed by atoms with Crippen LogP contribution in [0, 0.1) is 0 Å². The van der Waals surface area contributed by atoms with Crippen LogP contribution < -0.4 is 9.64 Å². The van der Waals surface area contributed by atoms with Crippen molar-refractivity contribution in [2.24, 2.45) is 0 Å². The normalized spacial score (nSPS) is 13.1. The van der Waals surface area contributed by atoms with Gasteiger partial charge in [-0.1, -0.05) is 0 Å². The number of benzene rings is 1. The molecule has 0 fully saturated rings. The van der Waals surface area contributed by atoms with Crippen molar-refractivity contribution in [3.05, 3.63) is 47.7 Å². The highest BCUT2D eigenvalue weighted by Gasteiger charge is 2.25. The summed E-state index contributed by atoms with van der Waals surface area (Å²) in [6.45, 7) is 4.65. The quantitative estimate of drug-likeness (QED) is 0.652. The van der Waals surface area contributed by atoms with Crippen molar-refractivity contribution in [3.63, 3.8) is 0 Å². The minimum Gasteiger partial charge on any atom is -0.475 e. The second-order valence-corrected chi connectivity index (χ2v) is 6.36. The molecular weight excluding hydrogens is 332 g/mol. The lowest BCUT2D eigenvalue weighted by Crippen LogP contribution is -2.14. The van der Waals surface area contributed by atoms with Gasteiger partial charge in [-0.25, -0.2) is 4.98 Å². The third kappa shape index (κ3) is 3.03. The molecular formula is C19H18N4O3. The third-order valence-electron chi connectivity index (χ3n) is 4.13. The highest BCUT2D eigenvalue weighted by molar-refractivity contribution is 5.78. The van der Waals surface area contributed by atoms with Crippen LogP contribution in [0.25, 0.3) is 11.5 Å². The topological polar surface area (TPSA) is 81.4 Å². The molecule has 2 aromatic heterocycles. The fraction of sp³-hybridized carbons (Fsp3) is 0.263. The Balaban J connectivity index is 1.57. The molecule has 0 bridgehead atoms. The van der Waals surface area contributed by atoms with E-state index in [-0.39, 0.29) is 6.10 Å². The summed E-state index contributed by atoms with van der Waals surface area (Å²) in [4.78, 5) is 21.7. The Labute approximate surface area is 150 Å². The Morgan fingerprint density at radius 2 is 2.15 bits per heavy atom. The molecule has 1 aliphatic heterocycles. The Bertz CT molecular complexity index is 934. The van der Waals surface area contributed by atoms with E-state index in [2.05, 4.69) is 15.1 Å². The van der Waals surface area contributed by atoms with Crippen LogP contribution in [0.4, 0.5) is 11.6 Å². The van der Waals surface area contributed by atoms with Crippen LogP contribution in [0.2, 0.25) is 0 Å². The molecule has 0 unspecified atom stereocenters. The fourth-order valence-corrected chi connectivity index (χ4v) is 2.96. The molecule has 3 aromatic rings. The second-order valence-electron chi connectivity index (χ2n) is 6.36. The summed E-state index contributed by atoms with van der Waals surface area (Å²) in [6, 6.07) is 9.24. The smallest absolute Gasteiger partial charge is 0.270 e. The number of aldehydes is 1. The van der Waals surface area contributed by atoms with E-state index in [0.717, 1.165) is 36.1 Å². The maximum absolute atomic E-state index is 10.9. The molecule has 7 heteroatoms. The van der Waals surface area contributed by atoms with Crippen LogP contribution in [-0.4, -0.2) is 34.1 Å². The average molecular weight is 350 g/mol. The number of anilines is 2. The van der Waals surface area contributed by atoms with Crippen molar-refractivity contribution in [3.8, 4) is 17.3 Å². The molecule has 0 aliphatic carbocycles. The second kappa shape index (κ2) is 6.59. The van der Waals surface area contributed by atoms with Crippen LogP contribution in [0.3, 0.4) is 0 Å². The molecule has 0 saturated heterocycles. The molecule has 26 heavy (non-hydrogen) atoms. The summed E-state index contributed by atoms with van der Waals surface area (Å²) in [7, 11) is 0. The van der Waals surface area contributed by atoms with E-state index in [9.17, 15) is 4.79 Å². The average Bonchev–Trinajstić information content (AvgIpc) is 3.28. The molecule has 0 saturated carbocycles. The number of aromatic nitrogens is 3. The van der Waals surface area contributed by atoms with Gasteiger partial charge in [0.2, 0.25) is 5.88 Å². The number of pyridine rings is 1. The van der Waals surface area contributed by atoms with Crippen LogP contribution in [0.1, 0.15) is 29.8 Å². The first kappa shape index (κ1) is 16.3. The summed E-state index contributed by atoms with van der Waals surface area (Å²) in [6.07, 6.45) is 3.42. The zero-order chi connectivity index (χ0) is 18.1. The first-order valence-corrected chi connectivity index (χ1v) is 8.46. The highest BCUT2D eigenvalue weighted by Crippen LogP contribution is 2.34. The van der Waals surface area contributed by atoms with Crippen molar-refractivity contribution in [2.75, 3.05) is 11.4 Å². The summed E-state index contributed by atoms with van der Waals surface area (Å²) in [5.41, 5.74) is 3.52. The minimum atomic E-state index is 0.0679. The minimum absolute atomic E-state index is 0.0679. The van der Waals surface area contributed by atoms with E-state index in [1.807, 2.05) is 36.9 Å². The highest BCUT2D eigenvalue weighted by atomic mass is 16.5. The van der Waals surface area contributed by atoms with Crippen LogP contribution in [0.15, 0.2) is 41.1 Å². The predicted octanol–water partition coefficient (Wildman–Crippen LogP) is 3.43.